The second kappa shape index (κ2) is 9.02. The van der Waals surface area contributed by atoms with E-state index >= 15 is 0 Å². The summed E-state index contributed by atoms with van der Waals surface area (Å²) in [6.45, 7) is 0.685. The third kappa shape index (κ3) is 5.81. The molecule has 0 atom stereocenters. The molecule has 0 spiro atoms. The highest BCUT2D eigenvalue weighted by Gasteiger charge is 2.14. The number of aliphatic imine (C=N–C) groups is 1. The predicted octanol–water partition coefficient (Wildman–Crippen LogP) is 2.86. The van der Waals surface area contributed by atoms with Gasteiger partial charge in [0.05, 0.1) is 7.11 Å². The maximum atomic E-state index is 11.1. The van der Waals surface area contributed by atoms with E-state index in [0.717, 1.165) is 11.5 Å². The molecule has 1 aliphatic carbocycles. The number of hydrogen-bond acceptors (Lipinski definition) is 3. The molecule has 0 aliphatic heterocycles. The van der Waals surface area contributed by atoms with Crippen LogP contribution in [0.1, 0.15) is 37.7 Å². The highest BCUT2D eigenvalue weighted by Crippen LogP contribution is 2.17. The number of rotatable bonds is 4. The second-order valence-electron chi connectivity index (χ2n) is 5.72. The van der Waals surface area contributed by atoms with Gasteiger partial charge in [0.25, 0.3) is 0 Å². The number of nitrogens with zero attached hydrogens (tertiary/aromatic N) is 1. The zero-order chi connectivity index (χ0) is 16.5. The van der Waals surface area contributed by atoms with Crippen LogP contribution in [-0.4, -0.2) is 32.3 Å². The number of guanidine groups is 1. The van der Waals surface area contributed by atoms with Crippen molar-refractivity contribution in [1.82, 2.24) is 10.6 Å². The van der Waals surface area contributed by atoms with Crippen LogP contribution < -0.4 is 16.0 Å². The first-order valence-electron chi connectivity index (χ1n) is 8.12. The highest BCUT2D eigenvalue weighted by atomic mass is 16.5. The van der Waals surface area contributed by atoms with Gasteiger partial charge in [-0.3, -0.25) is 10.3 Å². The van der Waals surface area contributed by atoms with Crippen LogP contribution in [0.4, 0.5) is 10.5 Å². The van der Waals surface area contributed by atoms with Crippen molar-refractivity contribution in [3.8, 4) is 0 Å². The van der Waals surface area contributed by atoms with Crippen molar-refractivity contribution in [1.29, 1.82) is 0 Å². The van der Waals surface area contributed by atoms with Crippen molar-refractivity contribution in [3.63, 3.8) is 0 Å². The Bertz CT molecular complexity index is 522. The number of amides is 1. The maximum Gasteiger partial charge on any atom is 0.411 e. The minimum atomic E-state index is -0.465. The lowest BCUT2D eigenvalue weighted by Gasteiger charge is -2.24. The Balaban J connectivity index is 1.80. The molecule has 1 fully saturated rings. The smallest absolute Gasteiger partial charge is 0.411 e. The lowest BCUT2D eigenvalue weighted by molar-refractivity contribution is 0.187. The van der Waals surface area contributed by atoms with E-state index in [1.54, 1.807) is 7.05 Å². The molecule has 0 radical (unpaired) electrons. The summed E-state index contributed by atoms with van der Waals surface area (Å²) in [5, 5.41) is 9.45. The minimum absolute atomic E-state index is 0.465. The lowest BCUT2D eigenvalue weighted by Crippen LogP contribution is -2.43. The van der Waals surface area contributed by atoms with E-state index in [0.29, 0.717) is 18.3 Å². The van der Waals surface area contributed by atoms with E-state index < -0.39 is 6.09 Å². The third-order valence-electron chi connectivity index (χ3n) is 4.02. The number of anilines is 1. The van der Waals surface area contributed by atoms with Crippen molar-refractivity contribution >= 4 is 17.7 Å². The molecular weight excluding hydrogens is 292 g/mol. The van der Waals surface area contributed by atoms with Gasteiger partial charge < -0.3 is 15.4 Å². The van der Waals surface area contributed by atoms with E-state index in [9.17, 15) is 4.79 Å². The Kier molecular flexibility index (Phi) is 6.72. The van der Waals surface area contributed by atoms with Gasteiger partial charge in [-0.2, -0.15) is 0 Å². The van der Waals surface area contributed by atoms with E-state index in [4.69, 9.17) is 0 Å². The van der Waals surface area contributed by atoms with Crippen LogP contribution in [0.2, 0.25) is 0 Å². The summed E-state index contributed by atoms with van der Waals surface area (Å²) in [5.74, 6) is 0.841. The summed E-state index contributed by atoms with van der Waals surface area (Å²) in [6.07, 6.45) is 5.90. The summed E-state index contributed by atoms with van der Waals surface area (Å²) in [4.78, 5) is 15.4. The lowest BCUT2D eigenvalue weighted by atomic mass is 9.96. The summed E-state index contributed by atoms with van der Waals surface area (Å²) in [7, 11) is 3.14. The third-order valence-corrected chi connectivity index (χ3v) is 4.02. The van der Waals surface area contributed by atoms with E-state index in [1.807, 2.05) is 24.3 Å². The fraction of sp³-hybridized carbons (Fsp3) is 0.529. The van der Waals surface area contributed by atoms with Crippen LogP contribution >= 0.6 is 0 Å². The highest BCUT2D eigenvalue weighted by molar-refractivity contribution is 5.84. The van der Waals surface area contributed by atoms with Gasteiger partial charge in [-0.15, -0.1) is 0 Å². The Labute approximate surface area is 137 Å². The van der Waals surface area contributed by atoms with Crippen LogP contribution in [0.3, 0.4) is 0 Å². The summed E-state index contributed by atoms with van der Waals surface area (Å²) >= 11 is 0. The zero-order valence-corrected chi connectivity index (χ0v) is 13.9. The molecule has 6 nitrogen and oxygen atoms in total. The summed E-state index contributed by atoms with van der Waals surface area (Å²) in [6, 6.07) is 8.16. The van der Waals surface area contributed by atoms with Crippen molar-refractivity contribution in [2.45, 2.75) is 44.7 Å². The minimum Gasteiger partial charge on any atom is -0.453 e. The number of hydrogen-bond donors (Lipinski definition) is 3. The average molecular weight is 318 g/mol. The molecule has 0 aromatic heterocycles. The average Bonchev–Trinajstić information content (AvgIpc) is 2.60. The van der Waals surface area contributed by atoms with Gasteiger partial charge in [0.15, 0.2) is 5.96 Å². The first-order chi connectivity index (χ1) is 11.2. The molecule has 1 amide bonds. The number of ether oxygens (including phenoxy) is 1. The molecule has 0 saturated heterocycles. The quantitative estimate of drug-likeness (QED) is 0.589. The first kappa shape index (κ1) is 17.1. The molecule has 0 unspecified atom stereocenters. The van der Waals surface area contributed by atoms with Crippen molar-refractivity contribution in [2.24, 2.45) is 4.99 Å². The number of benzene rings is 1. The normalized spacial score (nSPS) is 15.8. The van der Waals surface area contributed by atoms with Crippen LogP contribution in [0.25, 0.3) is 0 Å². The Morgan fingerprint density at radius 1 is 1.22 bits per heavy atom. The molecule has 0 heterocycles. The van der Waals surface area contributed by atoms with Crippen LogP contribution in [0.5, 0.6) is 0 Å². The topological polar surface area (TPSA) is 74.8 Å². The fourth-order valence-electron chi connectivity index (χ4n) is 2.70. The predicted molar refractivity (Wildman–Crippen MR) is 92.7 cm³/mol. The van der Waals surface area contributed by atoms with Crippen molar-refractivity contribution < 1.29 is 9.53 Å². The van der Waals surface area contributed by atoms with E-state index in [-0.39, 0.29) is 0 Å². The molecule has 126 valence electrons. The number of carbonyl (C=O) groups excluding carboxylic acids is 1. The van der Waals surface area contributed by atoms with Crippen LogP contribution in [-0.2, 0) is 11.3 Å². The molecule has 2 rings (SSSR count). The maximum absolute atomic E-state index is 11.1. The van der Waals surface area contributed by atoms with Gasteiger partial charge in [0.1, 0.15) is 0 Å². The molecule has 1 saturated carbocycles. The monoisotopic (exact) mass is 318 g/mol. The van der Waals surface area contributed by atoms with Crippen LogP contribution in [0.15, 0.2) is 29.3 Å². The molecular formula is C17H26N4O2. The summed E-state index contributed by atoms with van der Waals surface area (Å²) < 4.78 is 4.56. The second-order valence-corrected chi connectivity index (χ2v) is 5.72. The van der Waals surface area contributed by atoms with E-state index in [2.05, 4.69) is 25.7 Å². The van der Waals surface area contributed by atoms with Gasteiger partial charge in [-0.25, -0.2) is 4.79 Å². The molecule has 0 bridgehead atoms. The SMILES string of the molecule is CN=C(NCc1ccc(NC(=O)OC)cc1)NC1CCCCC1. The molecule has 1 aliphatic rings. The van der Waals surface area contributed by atoms with Gasteiger partial charge in [-0.1, -0.05) is 31.4 Å². The number of carbonyl (C=O) groups is 1. The molecule has 23 heavy (non-hydrogen) atoms. The Morgan fingerprint density at radius 3 is 2.52 bits per heavy atom. The Morgan fingerprint density at radius 2 is 1.91 bits per heavy atom. The summed E-state index contributed by atoms with van der Waals surface area (Å²) in [5.41, 5.74) is 1.83. The van der Waals surface area contributed by atoms with E-state index in [1.165, 1.54) is 39.2 Å². The zero-order valence-electron chi connectivity index (χ0n) is 13.9. The van der Waals surface area contributed by atoms with Gasteiger partial charge in [-0.05, 0) is 30.5 Å². The van der Waals surface area contributed by atoms with Crippen molar-refractivity contribution in [2.75, 3.05) is 19.5 Å². The fourth-order valence-corrected chi connectivity index (χ4v) is 2.70. The largest absolute Gasteiger partial charge is 0.453 e. The van der Waals surface area contributed by atoms with Crippen LogP contribution in [0, 0.1) is 0 Å². The molecule has 3 N–H and O–H groups in total. The molecule has 1 aromatic rings. The first-order valence-corrected chi connectivity index (χ1v) is 8.12. The number of nitrogens with one attached hydrogen (secondary N) is 3. The number of methoxy groups -OCH3 is 1. The van der Waals surface area contributed by atoms with Crippen molar-refractivity contribution in [3.05, 3.63) is 29.8 Å². The van der Waals surface area contributed by atoms with Gasteiger partial charge in [0.2, 0.25) is 0 Å². The molecule has 1 aromatic carbocycles. The Hall–Kier alpha value is -2.24. The molecule has 6 heteroatoms. The standard InChI is InChI=1S/C17H26N4O2/c1-18-16(20-14-6-4-3-5-7-14)19-12-13-8-10-15(11-9-13)21-17(22)23-2/h8-11,14H,3-7,12H2,1-2H3,(H,21,22)(H2,18,19,20). The van der Waals surface area contributed by atoms with Gasteiger partial charge >= 0.3 is 6.09 Å². The van der Waals surface area contributed by atoms with Gasteiger partial charge in [0, 0.05) is 25.3 Å².